The molecule has 100 valence electrons. The van der Waals surface area contributed by atoms with Crippen LogP contribution in [0.5, 0.6) is 0 Å². The van der Waals surface area contributed by atoms with Crippen molar-refractivity contribution < 1.29 is 0 Å². The Morgan fingerprint density at radius 3 is 2.89 bits per heavy atom. The van der Waals surface area contributed by atoms with Gasteiger partial charge >= 0.3 is 0 Å². The van der Waals surface area contributed by atoms with Gasteiger partial charge in [0.05, 0.1) is 16.8 Å². The van der Waals surface area contributed by atoms with Crippen LogP contribution in [0, 0.1) is 0 Å². The predicted octanol–water partition coefficient (Wildman–Crippen LogP) is 3.03. The van der Waals surface area contributed by atoms with E-state index in [4.69, 9.17) is 18.0 Å². The molecule has 2 aromatic rings. The Morgan fingerprint density at radius 1 is 1.47 bits per heavy atom. The van der Waals surface area contributed by atoms with Crippen molar-refractivity contribution >= 4 is 45.6 Å². The van der Waals surface area contributed by atoms with Crippen molar-refractivity contribution in [1.29, 1.82) is 0 Å². The zero-order valence-electron chi connectivity index (χ0n) is 11.0. The molecule has 1 aromatic carbocycles. The minimum atomic E-state index is 0.342. The van der Waals surface area contributed by atoms with Gasteiger partial charge in [0.1, 0.15) is 4.99 Å². The van der Waals surface area contributed by atoms with E-state index in [9.17, 15) is 0 Å². The number of thioether (sulfide) groups is 1. The fourth-order valence-electron chi connectivity index (χ4n) is 2.02. The van der Waals surface area contributed by atoms with Gasteiger partial charge in [0, 0.05) is 23.4 Å². The maximum atomic E-state index is 5.80. The molecule has 0 fully saturated rings. The van der Waals surface area contributed by atoms with Crippen LogP contribution in [0.1, 0.15) is 12.5 Å². The summed E-state index contributed by atoms with van der Waals surface area (Å²) in [5.41, 5.74) is 8.54. The second-order valence-corrected chi connectivity index (χ2v) is 5.78. The van der Waals surface area contributed by atoms with Crippen LogP contribution in [-0.2, 0) is 0 Å². The van der Waals surface area contributed by atoms with Crippen LogP contribution in [0.15, 0.2) is 30.5 Å². The number of hydrogen-bond donors (Lipinski definition) is 2. The van der Waals surface area contributed by atoms with Crippen molar-refractivity contribution in [1.82, 2.24) is 4.98 Å². The number of nitrogens with one attached hydrogen (secondary N) is 1. The molecular weight excluding hydrogens is 274 g/mol. The number of pyridine rings is 1. The first-order valence-electron chi connectivity index (χ1n) is 6.06. The number of aromatic nitrogens is 1. The quantitative estimate of drug-likeness (QED) is 0.829. The van der Waals surface area contributed by atoms with Gasteiger partial charge in [0.2, 0.25) is 0 Å². The van der Waals surface area contributed by atoms with Crippen LogP contribution < -0.4 is 11.1 Å². The van der Waals surface area contributed by atoms with E-state index in [0.29, 0.717) is 11.0 Å². The van der Waals surface area contributed by atoms with Crippen LogP contribution in [0.4, 0.5) is 5.69 Å². The smallest absolute Gasteiger partial charge is 0.107 e. The molecule has 0 saturated carbocycles. The predicted molar refractivity (Wildman–Crippen MR) is 89.1 cm³/mol. The molecule has 0 amide bonds. The summed E-state index contributed by atoms with van der Waals surface area (Å²) >= 11 is 6.93. The number of thiocarbonyl (C=S) groups is 1. The minimum absolute atomic E-state index is 0.342. The average molecular weight is 291 g/mol. The number of rotatable bonds is 5. The SMILES string of the molecule is CSCC(C)Nc1c(C(N)=S)cnc2ccccc12. The molecule has 3 N–H and O–H groups in total. The second kappa shape index (κ2) is 6.21. The van der Waals surface area contributed by atoms with Crippen LogP contribution >= 0.6 is 24.0 Å². The molecular formula is C14H17N3S2. The Hall–Kier alpha value is -1.33. The number of nitrogens with zero attached hydrogens (tertiary/aromatic N) is 1. The fourth-order valence-corrected chi connectivity index (χ4v) is 2.76. The van der Waals surface area contributed by atoms with E-state index in [1.165, 1.54) is 0 Å². The lowest BCUT2D eigenvalue weighted by molar-refractivity contribution is 0.915. The monoisotopic (exact) mass is 291 g/mol. The number of hydrogen-bond acceptors (Lipinski definition) is 4. The lowest BCUT2D eigenvalue weighted by Crippen LogP contribution is -2.21. The average Bonchev–Trinajstić information content (AvgIpc) is 2.39. The molecule has 0 aliphatic heterocycles. The van der Waals surface area contributed by atoms with E-state index in [0.717, 1.165) is 27.9 Å². The highest BCUT2D eigenvalue weighted by molar-refractivity contribution is 7.98. The maximum Gasteiger partial charge on any atom is 0.107 e. The molecule has 2 rings (SSSR count). The van der Waals surface area contributed by atoms with Crippen molar-refractivity contribution in [3.8, 4) is 0 Å². The van der Waals surface area contributed by atoms with E-state index >= 15 is 0 Å². The van der Waals surface area contributed by atoms with Crippen molar-refractivity contribution in [3.63, 3.8) is 0 Å². The van der Waals surface area contributed by atoms with E-state index in [1.54, 1.807) is 18.0 Å². The number of fused-ring (bicyclic) bond motifs is 1. The lowest BCUT2D eigenvalue weighted by Gasteiger charge is -2.18. The van der Waals surface area contributed by atoms with Crippen LogP contribution in [0.3, 0.4) is 0 Å². The summed E-state index contributed by atoms with van der Waals surface area (Å²) in [6, 6.07) is 8.35. The Morgan fingerprint density at radius 2 is 2.21 bits per heavy atom. The Kier molecular flexibility index (Phi) is 4.61. The highest BCUT2D eigenvalue weighted by Gasteiger charge is 2.12. The van der Waals surface area contributed by atoms with Crippen LogP contribution in [0.2, 0.25) is 0 Å². The Labute approximate surface area is 123 Å². The second-order valence-electron chi connectivity index (χ2n) is 4.43. The number of para-hydroxylation sites is 1. The van der Waals surface area contributed by atoms with Gasteiger partial charge in [0.25, 0.3) is 0 Å². The summed E-state index contributed by atoms with van der Waals surface area (Å²) in [5, 5.41) is 4.56. The molecule has 3 nitrogen and oxygen atoms in total. The van der Waals surface area contributed by atoms with Gasteiger partial charge in [0.15, 0.2) is 0 Å². The zero-order valence-corrected chi connectivity index (χ0v) is 12.6. The van der Waals surface area contributed by atoms with E-state index in [2.05, 4.69) is 23.5 Å². The fraction of sp³-hybridized carbons (Fsp3) is 0.286. The topological polar surface area (TPSA) is 50.9 Å². The lowest BCUT2D eigenvalue weighted by atomic mass is 10.1. The van der Waals surface area contributed by atoms with Crippen molar-refractivity contribution in [2.75, 3.05) is 17.3 Å². The minimum Gasteiger partial charge on any atom is -0.389 e. The molecule has 1 aromatic heterocycles. The molecule has 1 heterocycles. The third kappa shape index (κ3) is 3.16. The molecule has 1 atom stereocenters. The van der Waals surface area contributed by atoms with Crippen molar-refractivity contribution in [2.24, 2.45) is 5.73 Å². The van der Waals surface area contributed by atoms with Gasteiger partial charge in [-0.2, -0.15) is 11.8 Å². The Bertz CT molecular complexity index is 598. The summed E-state index contributed by atoms with van der Waals surface area (Å²) in [6.45, 7) is 2.15. The molecule has 0 bridgehead atoms. The van der Waals surface area contributed by atoms with Crippen LogP contribution in [-0.4, -0.2) is 28.0 Å². The molecule has 0 spiro atoms. The maximum absolute atomic E-state index is 5.80. The molecule has 19 heavy (non-hydrogen) atoms. The van der Waals surface area contributed by atoms with E-state index in [1.807, 2.05) is 24.3 Å². The molecule has 0 saturated heterocycles. The van der Waals surface area contributed by atoms with Gasteiger partial charge in [-0.1, -0.05) is 30.4 Å². The summed E-state index contributed by atoms with van der Waals surface area (Å²) in [4.78, 5) is 4.78. The van der Waals surface area contributed by atoms with Crippen LogP contribution in [0.25, 0.3) is 10.9 Å². The van der Waals surface area contributed by atoms with Gasteiger partial charge in [-0.3, -0.25) is 4.98 Å². The molecule has 0 radical (unpaired) electrons. The third-order valence-electron chi connectivity index (χ3n) is 2.85. The first-order valence-corrected chi connectivity index (χ1v) is 7.86. The summed E-state index contributed by atoms with van der Waals surface area (Å²) in [5.74, 6) is 1.02. The number of anilines is 1. The zero-order chi connectivity index (χ0) is 13.8. The third-order valence-corrected chi connectivity index (χ3v) is 3.90. The normalized spacial score (nSPS) is 12.3. The van der Waals surface area contributed by atoms with Gasteiger partial charge in [-0.15, -0.1) is 0 Å². The summed E-state index contributed by atoms with van der Waals surface area (Å²) in [6.07, 6.45) is 3.84. The van der Waals surface area contributed by atoms with Crippen molar-refractivity contribution in [2.45, 2.75) is 13.0 Å². The first-order chi connectivity index (χ1) is 9.13. The van der Waals surface area contributed by atoms with E-state index in [-0.39, 0.29) is 0 Å². The van der Waals surface area contributed by atoms with Gasteiger partial charge in [-0.25, -0.2) is 0 Å². The molecule has 0 aliphatic carbocycles. The molecule has 1 unspecified atom stereocenters. The summed E-state index contributed by atoms with van der Waals surface area (Å²) < 4.78 is 0. The van der Waals surface area contributed by atoms with Crippen molar-refractivity contribution in [3.05, 3.63) is 36.0 Å². The molecule has 0 aliphatic rings. The largest absolute Gasteiger partial charge is 0.389 e. The molecule has 5 heteroatoms. The van der Waals surface area contributed by atoms with E-state index < -0.39 is 0 Å². The standard InChI is InChI=1S/C14H17N3S2/c1-9(8-19-2)17-13-10-5-3-4-6-12(10)16-7-11(13)14(15)18/h3-7,9H,8H2,1-2H3,(H2,15,18)(H,16,17). The number of nitrogens with two attached hydrogens (primary N) is 1. The summed E-state index contributed by atoms with van der Waals surface area (Å²) in [7, 11) is 0. The van der Waals surface area contributed by atoms with Gasteiger partial charge in [-0.05, 0) is 19.2 Å². The first kappa shape index (κ1) is 14.1. The number of benzene rings is 1. The highest BCUT2D eigenvalue weighted by atomic mass is 32.2. The highest BCUT2D eigenvalue weighted by Crippen LogP contribution is 2.26. The van der Waals surface area contributed by atoms with Gasteiger partial charge < -0.3 is 11.1 Å². The Balaban J connectivity index is 2.52.